The van der Waals surface area contributed by atoms with Crippen LogP contribution in [0.1, 0.15) is 36.8 Å². The SMILES string of the molecule is Cc1ccc(C[C@@H](CNC(=O)C2CCCC2)C(=O)O)cc1. The number of carboxylic acids is 1. The van der Waals surface area contributed by atoms with Crippen LogP contribution in [0.5, 0.6) is 0 Å². The summed E-state index contributed by atoms with van der Waals surface area (Å²) in [6, 6.07) is 7.85. The molecule has 4 heteroatoms. The van der Waals surface area contributed by atoms with Gasteiger partial charge in [0.25, 0.3) is 0 Å². The van der Waals surface area contributed by atoms with Gasteiger partial charge < -0.3 is 10.4 Å². The summed E-state index contributed by atoms with van der Waals surface area (Å²) >= 11 is 0. The summed E-state index contributed by atoms with van der Waals surface area (Å²) in [7, 11) is 0. The Hall–Kier alpha value is -1.84. The third-order valence-corrected chi connectivity index (χ3v) is 4.20. The molecule has 114 valence electrons. The van der Waals surface area contributed by atoms with Gasteiger partial charge in [-0.1, -0.05) is 42.7 Å². The molecule has 0 spiro atoms. The van der Waals surface area contributed by atoms with Gasteiger partial charge in [0.2, 0.25) is 5.91 Å². The summed E-state index contributed by atoms with van der Waals surface area (Å²) in [4.78, 5) is 23.3. The van der Waals surface area contributed by atoms with Crippen molar-refractivity contribution < 1.29 is 14.7 Å². The molecule has 0 saturated heterocycles. The maximum absolute atomic E-state index is 12.0. The van der Waals surface area contributed by atoms with Crippen LogP contribution in [-0.4, -0.2) is 23.5 Å². The molecule has 0 heterocycles. The van der Waals surface area contributed by atoms with Crippen LogP contribution in [0.15, 0.2) is 24.3 Å². The average Bonchev–Trinajstić information content (AvgIpc) is 2.99. The van der Waals surface area contributed by atoms with E-state index >= 15 is 0 Å². The van der Waals surface area contributed by atoms with Crippen LogP contribution in [0, 0.1) is 18.8 Å². The lowest BCUT2D eigenvalue weighted by atomic mass is 9.98. The quantitative estimate of drug-likeness (QED) is 0.845. The second-order valence-corrected chi connectivity index (χ2v) is 5.95. The zero-order valence-corrected chi connectivity index (χ0v) is 12.5. The van der Waals surface area contributed by atoms with E-state index in [1.165, 1.54) is 0 Å². The predicted octanol–water partition coefficient (Wildman–Crippen LogP) is 2.54. The monoisotopic (exact) mass is 289 g/mol. The van der Waals surface area contributed by atoms with E-state index in [4.69, 9.17) is 0 Å². The molecule has 1 aromatic carbocycles. The molecule has 21 heavy (non-hydrogen) atoms. The molecule has 1 aliphatic rings. The molecule has 0 bridgehead atoms. The second kappa shape index (κ2) is 7.25. The standard InChI is InChI=1S/C17H23NO3/c1-12-6-8-13(9-7-12)10-15(17(20)21)11-18-16(19)14-4-2-3-5-14/h6-9,14-15H,2-5,10-11H2,1H3,(H,18,19)(H,20,21)/t15-/m0/s1. The van der Waals surface area contributed by atoms with E-state index in [1.807, 2.05) is 31.2 Å². The van der Waals surface area contributed by atoms with Crippen LogP contribution in [0.4, 0.5) is 0 Å². The Labute approximate surface area is 125 Å². The molecule has 0 aliphatic heterocycles. The van der Waals surface area contributed by atoms with Crippen molar-refractivity contribution in [2.75, 3.05) is 6.54 Å². The highest BCUT2D eigenvalue weighted by Crippen LogP contribution is 2.24. The molecule has 0 unspecified atom stereocenters. The molecule has 1 aliphatic carbocycles. The molecule has 1 amide bonds. The van der Waals surface area contributed by atoms with Crippen LogP contribution >= 0.6 is 0 Å². The lowest BCUT2D eigenvalue weighted by Gasteiger charge is -2.16. The van der Waals surface area contributed by atoms with Crippen LogP contribution in [-0.2, 0) is 16.0 Å². The van der Waals surface area contributed by atoms with E-state index in [-0.39, 0.29) is 18.4 Å². The van der Waals surface area contributed by atoms with Crippen LogP contribution in [0.25, 0.3) is 0 Å². The van der Waals surface area contributed by atoms with Gasteiger partial charge >= 0.3 is 5.97 Å². The minimum Gasteiger partial charge on any atom is -0.481 e. The Morgan fingerprint density at radius 3 is 2.43 bits per heavy atom. The van der Waals surface area contributed by atoms with Gasteiger partial charge in [-0.3, -0.25) is 9.59 Å². The van der Waals surface area contributed by atoms with E-state index < -0.39 is 11.9 Å². The van der Waals surface area contributed by atoms with E-state index in [0.29, 0.717) is 6.42 Å². The van der Waals surface area contributed by atoms with E-state index in [0.717, 1.165) is 36.8 Å². The molecular formula is C17H23NO3. The molecular weight excluding hydrogens is 266 g/mol. The number of hydrogen-bond acceptors (Lipinski definition) is 2. The topological polar surface area (TPSA) is 66.4 Å². The number of carbonyl (C=O) groups is 2. The molecule has 1 saturated carbocycles. The summed E-state index contributed by atoms with van der Waals surface area (Å²) in [6.07, 6.45) is 4.51. The Kier molecular flexibility index (Phi) is 5.37. The average molecular weight is 289 g/mol. The third kappa shape index (κ3) is 4.59. The fraction of sp³-hybridized carbons (Fsp3) is 0.529. The lowest BCUT2D eigenvalue weighted by Crippen LogP contribution is -2.36. The number of amides is 1. The normalized spacial score (nSPS) is 16.6. The first-order valence-electron chi connectivity index (χ1n) is 7.62. The smallest absolute Gasteiger partial charge is 0.308 e. The van der Waals surface area contributed by atoms with Crippen LogP contribution in [0.2, 0.25) is 0 Å². The Balaban J connectivity index is 1.88. The van der Waals surface area contributed by atoms with Gasteiger partial charge in [-0.05, 0) is 31.7 Å². The zero-order chi connectivity index (χ0) is 15.2. The minimum absolute atomic E-state index is 0.0163. The summed E-state index contributed by atoms with van der Waals surface area (Å²) < 4.78 is 0. The maximum atomic E-state index is 12.0. The summed E-state index contributed by atoms with van der Waals surface area (Å²) in [6.45, 7) is 2.21. The summed E-state index contributed by atoms with van der Waals surface area (Å²) in [5, 5.41) is 12.1. The van der Waals surface area contributed by atoms with Crippen LogP contribution < -0.4 is 5.32 Å². The molecule has 4 nitrogen and oxygen atoms in total. The number of aliphatic carboxylic acids is 1. The van der Waals surface area contributed by atoms with Gasteiger partial charge in [-0.25, -0.2) is 0 Å². The number of rotatable bonds is 6. The highest BCUT2D eigenvalue weighted by molar-refractivity contribution is 5.79. The third-order valence-electron chi connectivity index (χ3n) is 4.20. The first kappa shape index (κ1) is 15.5. The predicted molar refractivity (Wildman–Crippen MR) is 81.0 cm³/mol. The van der Waals surface area contributed by atoms with Crippen molar-refractivity contribution in [3.8, 4) is 0 Å². The molecule has 0 radical (unpaired) electrons. The summed E-state index contributed by atoms with van der Waals surface area (Å²) in [5.41, 5.74) is 2.14. The Morgan fingerprint density at radius 2 is 1.86 bits per heavy atom. The first-order chi connectivity index (χ1) is 10.1. The van der Waals surface area contributed by atoms with Gasteiger partial charge in [-0.15, -0.1) is 0 Å². The molecule has 2 N–H and O–H groups in total. The van der Waals surface area contributed by atoms with Crippen molar-refractivity contribution in [2.24, 2.45) is 11.8 Å². The number of aryl methyl sites for hydroxylation is 1. The maximum Gasteiger partial charge on any atom is 0.308 e. The number of nitrogens with one attached hydrogen (secondary N) is 1. The van der Waals surface area contributed by atoms with Crippen molar-refractivity contribution in [3.63, 3.8) is 0 Å². The van der Waals surface area contributed by atoms with E-state index in [2.05, 4.69) is 5.32 Å². The molecule has 2 rings (SSSR count). The van der Waals surface area contributed by atoms with Gasteiger partial charge in [0.05, 0.1) is 5.92 Å². The Bertz CT molecular complexity index is 489. The minimum atomic E-state index is -0.859. The molecule has 1 atom stereocenters. The zero-order valence-electron chi connectivity index (χ0n) is 12.5. The van der Waals surface area contributed by atoms with Crippen molar-refractivity contribution in [1.82, 2.24) is 5.32 Å². The Morgan fingerprint density at radius 1 is 1.24 bits per heavy atom. The number of carbonyl (C=O) groups excluding carboxylic acids is 1. The fourth-order valence-electron chi connectivity index (χ4n) is 2.81. The van der Waals surface area contributed by atoms with Gasteiger partial charge in [0.1, 0.15) is 0 Å². The van der Waals surface area contributed by atoms with Crippen molar-refractivity contribution >= 4 is 11.9 Å². The van der Waals surface area contributed by atoms with Crippen molar-refractivity contribution in [1.29, 1.82) is 0 Å². The van der Waals surface area contributed by atoms with E-state index in [1.54, 1.807) is 0 Å². The fourth-order valence-corrected chi connectivity index (χ4v) is 2.81. The number of benzene rings is 1. The highest BCUT2D eigenvalue weighted by Gasteiger charge is 2.25. The van der Waals surface area contributed by atoms with Crippen molar-refractivity contribution in [2.45, 2.75) is 39.0 Å². The van der Waals surface area contributed by atoms with Crippen LogP contribution in [0.3, 0.4) is 0 Å². The second-order valence-electron chi connectivity index (χ2n) is 5.95. The summed E-state index contributed by atoms with van der Waals surface area (Å²) in [5.74, 6) is -1.33. The lowest BCUT2D eigenvalue weighted by molar-refractivity contribution is -0.141. The number of carboxylic acid groups (broad SMARTS) is 1. The largest absolute Gasteiger partial charge is 0.481 e. The van der Waals surface area contributed by atoms with E-state index in [9.17, 15) is 14.7 Å². The number of hydrogen-bond donors (Lipinski definition) is 2. The molecule has 1 fully saturated rings. The van der Waals surface area contributed by atoms with Gasteiger partial charge in [0, 0.05) is 12.5 Å². The molecule has 1 aromatic rings. The van der Waals surface area contributed by atoms with Gasteiger partial charge in [-0.2, -0.15) is 0 Å². The first-order valence-corrected chi connectivity index (χ1v) is 7.62. The van der Waals surface area contributed by atoms with Gasteiger partial charge in [0.15, 0.2) is 0 Å². The van der Waals surface area contributed by atoms with Crippen molar-refractivity contribution in [3.05, 3.63) is 35.4 Å². The molecule has 0 aromatic heterocycles. The highest BCUT2D eigenvalue weighted by atomic mass is 16.4.